The molecule has 4 heteroatoms. The number of nitrogens with two attached hydrogens (primary N) is 1. The van der Waals surface area contributed by atoms with Gasteiger partial charge in [-0.2, -0.15) is 0 Å². The van der Waals surface area contributed by atoms with E-state index in [-0.39, 0.29) is 0 Å². The summed E-state index contributed by atoms with van der Waals surface area (Å²) in [4.78, 5) is 7.30. The number of para-hydroxylation sites is 1. The number of anilines is 1. The van der Waals surface area contributed by atoms with E-state index in [0.717, 1.165) is 26.1 Å². The molecule has 1 aliphatic heterocycles. The van der Waals surface area contributed by atoms with Crippen molar-refractivity contribution >= 4 is 26.7 Å². The van der Waals surface area contributed by atoms with Crippen molar-refractivity contribution in [1.29, 1.82) is 0 Å². The maximum Gasteiger partial charge on any atom is 0.186 e. The number of piperidine rings is 1. The average molecular weight is 275 g/mol. The summed E-state index contributed by atoms with van der Waals surface area (Å²) in [5.74, 6) is 0.705. The van der Waals surface area contributed by atoms with Gasteiger partial charge in [0.2, 0.25) is 0 Å². The molecular weight excluding hydrogens is 254 g/mol. The van der Waals surface area contributed by atoms with Crippen molar-refractivity contribution < 1.29 is 0 Å². The third kappa shape index (κ3) is 2.47. The van der Waals surface area contributed by atoms with Crippen LogP contribution in [0.5, 0.6) is 0 Å². The molecule has 0 unspecified atom stereocenters. The molecular formula is C15H21N3S. The van der Waals surface area contributed by atoms with E-state index in [1.807, 2.05) is 11.3 Å². The molecule has 0 saturated carbocycles. The van der Waals surface area contributed by atoms with Gasteiger partial charge in [0.1, 0.15) is 0 Å². The molecule has 0 radical (unpaired) electrons. The molecule has 102 valence electrons. The average Bonchev–Trinajstić information content (AvgIpc) is 2.91. The van der Waals surface area contributed by atoms with Crippen LogP contribution < -0.4 is 10.6 Å². The molecule has 3 nitrogen and oxygen atoms in total. The lowest BCUT2D eigenvalue weighted by molar-refractivity contribution is 0.414. The Kier molecular flexibility index (Phi) is 3.71. The summed E-state index contributed by atoms with van der Waals surface area (Å²) >= 11 is 1.83. The molecule has 2 N–H and O–H groups in total. The highest BCUT2D eigenvalue weighted by molar-refractivity contribution is 7.22. The molecule has 1 saturated heterocycles. The number of hydrogen-bond acceptors (Lipinski definition) is 4. The molecule has 19 heavy (non-hydrogen) atoms. The SMILES string of the molecule is CCc1cccc2sc(N3CCC(CN)CC3)nc12. The first kappa shape index (κ1) is 12.9. The number of nitrogens with zero attached hydrogens (tertiary/aromatic N) is 2. The summed E-state index contributed by atoms with van der Waals surface area (Å²) in [6.07, 6.45) is 3.45. The van der Waals surface area contributed by atoms with Gasteiger partial charge in [-0.25, -0.2) is 4.98 Å². The van der Waals surface area contributed by atoms with E-state index in [4.69, 9.17) is 10.7 Å². The summed E-state index contributed by atoms with van der Waals surface area (Å²) in [5, 5.41) is 1.19. The lowest BCUT2D eigenvalue weighted by atomic mass is 9.98. The van der Waals surface area contributed by atoms with Crippen molar-refractivity contribution in [3.05, 3.63) is 23.8 Å². The van der Waals surface area contributed by atoms with Crippen LogP contribution in [0.4, 0.5) is 5.13 Å². The van der Waals surface area contributed by atoms with Crippen molar-refractivity contribution in [3.63, 3.8) is 0 Å². The molecule has 0 bridgehead atoms. The van der Waals surface area contributed by atoms with E-state index in [1.54, 1.807) is 0 Å². The number of fused-ring (bicyclic) bond motifs is 1. The fourth-order valence-electron chi connectivity index (χ4n) is 2.77. The fourth-order valence-corrected chi connectivity index (χ4v) is 3.84. The molecule has 0 spiro atoms. The first-order valence-corrected chi connectivity index (χ1v) is 7.97. The zero-order valence-corrected chi connectivity index (χ0v) is 12.2. The molecule has 0 amide bonds. The number of rotatable bonds is 3. The van der Waals surface area contributed by atoms with E-state index in [9.17, 15) is 0 Å². The van der Waals surface area contributed by atoms with Crippen molar-refractivity contribution in [3.8, 4) is 0 Å². The standard InChI is InChI=1S/C15H21N3S/c1-2-12-4-3-5-13-14(12)17-15(19-13)18-8-6-11(10-16)7-9-18/h3-5,11H,2,6-10,16H2,1H3. The first-order valence-electron chi connectivity index (χ1n) is 7.15. The van der Waals surface area contributed by atoms with Crippen LogP contribution in [0.3, 0.4) is 0 Å². The van der Waals surface area contributed by atoms with E-state index in [0.29, 0.717) is 5.92 Å². The minimum absolute atomic E-state index is 0.705. The van der Waals surface area contributed by atoms with E-state index in [1.165, 1.54) is 33.8 Å². The van der Waals surface area contributed by atoms with E-state index >= 15 is 0 Å². The second-order valence-electron chi connectivity index (χ2n) is 5.28. The normalized spacial score (nSPS) is 17.3. The Hall–Kier alpha value is -1.13. The zero-order valence-electron chi connectivity index (χ0n) is 11.4. The highest BCUT2D eigenvalue weighted by Gasteiger charge is 2.20. The third-order valence-corrected chi connectivity index (χ3v) is 5.17. The number of hydrogen-bond donors (Lipinski definition) is 1. The Morgan fingerprint density at radius 2 is 2.16 bits per heavy atom. The van der Waals surface area contributed by atoms with Crippen LogP contribution in [-0.4, -0.2) is 24.6 Å². The molecule has 1 aromatic carbocycles. The largest absolute Gasteiger partial charge is 0.348 e. The van der Waals surface area contributed by atoms with Crippen LogP contribution in [0.1, 0.15) is 25.3 Å². The van der Waals surface area contributed by atoms with Gasteiger partial charge in [-0.1, -0.05) is 30.4 Å². The van der Waals surface area contributed by atoms with Gasteiger partial charge >= 0.3 is 0 Å². The van der Waals surface area contributed by atoms with Crippen LogP contribution in [0, 0.1) is 5.92 Å². The van der Waals surface area contributed by atoms with Gasteiger partial charge in [0.25, 0.3) is 0 Å². The molecule has 3 rings (SSSR count). The summed E-state index contributed by atoms with van der Waals surface area (Å²) in [5.41, 5.74) is 8.31. The Balaban J connectivity index is 1.86. The van der Waals surface area contributed by atoms with Gasteiger partial charge in [-0.15, -0.1) is 0 Å². The predicted molar refractivity (Wildman–Crippen MR) is 83.0 cm³/mol. The predicted octanol–water partition coefficient (Wildman–Crippen LogP) is 3.03. The monoisotopic (exact) mass is 275 g/mol. The number of aryl methyl sites for hydroxylation is 1. The Morgan fingerprint density at radius 1 is 1.37 bits per heavy atom. The van der Waals surface area contributed by atoms with Gasteiger partial charge in [-0.3, -0.25) is 0 Å². The van der Waals surface area contributed by atoms with Crippen LogP contribution >= 0.6 is 11.3 Å². The smallest absolute Gasteiger partial charge is 0.186 e. The Morgan fingerprint density at radius 3 is 2.84 bits per heavy atom. The van der Waals surface area contributed by atoms with Gasteiger partial charge in [0, 0.05) is 13.1 Å². The van der Waals surface area contributed by atoms with Crippen molar-refractivity contribution in [1.82, 2.24) is 4.98 Å². The van der Waals surface area contributed by atoms with E-state index in [2.05, 4.69) is 30.0 Å². The van der Waals surface area contributed by atoms with Gasteiger partial charge < -0.3 is 10.6 Å². The molecule has 1 aliphatic rings. The highest BCUT2D eigenvalue weighted by Crippen LogP contribution is 2.32. The Bertz CT molecular complexity index is 556. The van der Waals surface area contributed by atoms with Crippen molar-refractivity contribution in [2.75, 3.05) is 24.5 Å². The lowest BCUT2D eigenvalue weighted by Crippen LogP contribution is -2.35. The third-order valence-electron chi connectivity index (χ3n) is 4.09. The maximum absolute atomic E-state index is 5.76. The van der Waals surface area contributed by atoms with Crippen molar-refractivity contribution in [2.24, 2.45) is 11.7 Å². The van der Waals surface area contributed by atoms with Crippen LogP contribution in [0.15, 0.2) is 18.2 Å². The number of aromatic nitrogens is 1. The van der Waals surface area contributed by atoms with E-state index < -0.39 is 0 Å². The van der Waals surface area contributed by atoms with Crippen LogP contribution in [0.25, 0.3) is 10.2 Å². The van der Waals surface area contributed by atoms with Crippen LogP contribution in [0.2, 0.25) is 0 Å². The fraction of sp³-hybridized carbons (Fsp3) is 0.533. The summed E-state index contributed by atoms with van der Waals surface area (Å²) < 4.78 is 1.32. The summed E-state index contributed by atoms with van der Waals surface area (Å²) in [6.45, 7) is 5.22. The molecule has 1 aromatic heterocycles. The quantitative estimate of drug-likeness (QED) is 0.936. The molecule has 2 heterocycles. The summed E-state index contributed by atoms with van der Waals surface area (Å²) in [7, 11) is 0. The minimum Gasteiger partial charge on any atom is -0.348 e. The van der Waals surface area contributed by atoms with Crippen LogP contribution in [-0.2, 0) is 6.42 Å². The lowest BCUT2D eigenvalue weighted by Gasteiger charge is -2.30. The summed E-state index contributed by atoms with van der Waals surface area (Å²) in [6, 6.07) is 6.51. The second-order valence-corrected chi connectivity index (χ2v) is 6.29. The number of benzene rings is 1. The molecule has 0 aliphatic carbocycles. The molecule has 2 aromatic rings. The first-order chi connectivity index (χ1) is 9.31. The number of thiazole rings is 1. The van der Waals surface area contributed by atoms with Gasteiger partial charge in [-0.05, 0) is 43.4 Å². The highest BCUT2D eigenvalue weighted by atomic mass is 32.1. The second kappa shape index (κ2) is 5.47. The Labute approximate surface area is 118 Å². The topological polar surface area (TPSA) is 42.1 Å². The molecule has 1 fully saturated rings. The molecule has 0 atom stereocenters. The minimum atomic E-state index is 0.705. The van der Waals surface area contributed by atoms with Gasteiger partial charge in [0.05, 0.1) is 10.2 Å². The maximum atomic E-state index is 5.76. The van der Waals surface area contributed by atoms with Gasteiger partial charge in [0.15, 0.2) is 5.13 Å². The van der Waals surface area contributed by atoms with Crippen molar-refractivity contribution in [2.45, 2.75) is 26.2 Å². The zero-order chi connectivity index (χ0) is 13.2.